The van der Waals surface area contributed by atoms with Gasteiger partial charge in [-0.3, -0.25) is 4.79 Å². The van der Waals surface area contributed by atoms with Gasteiger partial charge >= 0.3 is 6.03 Å². The molecule has 0 spiro atoms. The fraction of sp³-hybridized carbons (Fsp3) is 0.667. The molecule has 2 N–H and O–H groups in total. The van der Waals surface area contributed by atoms with Gasteiger partial charge in [0.2, 0.25) is 5.91 Å². The van der Waals surface area contributed by atoms with Crippen molar-refractivity contribution >= 4 is 28.7 Å². The normalized spacial score (nSPS) is 11.0. The molecule has 0 aliphatic heterocycles. The Morgan fingerprint density at radius 1 is 1.20 bits per heavy atom. The number of hydrogen-bond donors (Lipinski definition) is 2. The van der Waals surface area contributed by atoms with Gasteiger partial charge in [0.25, 0.3) is 0 Å². The Morgan fingerprint density at radius 3 is 2.27 bits per heavy atom. The van der Waals surface area contributed by atoms with Gasteiger partial charge in [0.05, 0.1) is 11.5 Å². The summed E-state index contributed by atoms with van der Waals surface area (Å²) in [5, 5.41) is 5.72. The summed E-state index contributed by atoms with van der Waals surface area (Å²) in [6.07, 6.45) is 1.95. The third-order valence-corrected chi connectivity index (χ3v) is 2.18. The van der Waals surface area contributed by atoms with E-state index in [1.807, 2.05) is 13.8 Å². The lowest BCUT2D eigenvalue weighted by atomic mass is 10.4. The highest BCUT2D eigenvalue weighted by Crippen LogP contribution is 2.03. The molecule has 0 saturated heterocycles. The zero-order valence-corrected chi connectivity index (χ0v) is 10.1. The molecule has 0 aromatic rings. The fourth-order valence-electron chi connectivity index (χ4n) is 0.858. The van der Waals surface area contributed by atoms with Crippen LogP contribution in [0, 0.1) is 0 Å². The first-order chi connectivity index (χ1) is 7.13. The molecule has 0 bridgehead atoms. The van der Waals surface area contributed by atoms with Gasteiger partial charge in [-0.05, 0) is 20.1 Å². The Bertz CT molecular complexity index is 254. The van der Waals surface area contributed by atoms with Crippen LogP contribution in [0.4, 0.5) is 4.79 Å². The summed E-state index contributed by atoms with van der Waals surface area (Å²) in [6, 6.07) is -0.397. The van der Waals surface area contributed by atoms with Crippen molar-refractivity contribution in [2.45, 2.75) is 20.3 Å². The van der Waals surface area contributed by atoms with E-state index >= 15 is 0 Å². The molecule has 0 fully saturated rings. The highest BCUT2D eigenvalue weighted by atomic mass is 32.2. The van der Waals surface area contributed by atoms with E-state index in [1.165, 1.54) is 11.8 Å². The summed E-state index contributed by atoms with van der Waals surface area (Å²) in [7, 11) is 0. The van der Waals surface area contributed by atoms with Crippen molar-refractivity contribution in [2.24, 2.45) is 4.99 Å². The average Bonchev–Trinajstić information content (AvgIpc) is 2.17. The number of nitrogens with one attached hydrogen (secondary N) is 2. The van der Waals surface area contributed by atoms with Gasteiger partial charge in [-0.1, -0.05) is 0 Å². The Morgan fingerprint density at radius 2 is 1.80 bits per heavy atom. The van der Waals surface area contributed by atoms with E-state index in [4.69, 9.17) is 0 Å². The van der Waals surface area contributed by atoms with Gasteiger partial charge in [-0.2, -0.15) is 4.99 Å². The molecule has 0 rings (SSSR count). The van der Waals surface area contributed by atoms with Crippen molar-refractivity contribution in [1.82, 2.24) is 10.6 Å². The summed E-state index contributed by atoms with van der Waals surface area (Å²) in [4.78, 5) is 26.1. The Labute approximate surface area is 94.1 Å². The Kier molecular flexibility index (Phi) is 7.71. The Balaban J connectivity index is 4.22. The number of nitrogens with zero attached hydrogens (tertiary/aromatic N) is 1. The number of carbonyl (C=O) groups is 2. The maximum Gasteiger partial charge on any atom is 0.341 e. The van der Waals surface area contributed by atoms with Crippen molar-refractivity contribution in [3.05, 3.63) is 0 Å². The summed E-state index contributed by atoms with van der Waals surface area (Å²) in [5.41, 5.74) is 0. The van der Waals surface area contributed by atoms with Crippen LogP contribution in [0.5, 0.6) is 0 Å². The zero-order chi connectivity index (χ0) is 11.7. The third-order valence-electron chi connectivity index (χ3n) is 1.48. The first-order valence-electron chi connectivity index (χ1n) is 4.80. The third kappa shape index (κ3) is 6.96. The maximum atomic E-state index is 11.2. The van der Waals surface area contributed by atoms with Crippen molar-refractivity contribution in [3.63, 3.8) is 0 Å². The van der Waals surface area contributed by atoms with Crippen LogP contribution < -0.4 is 10.6 Å². The van der Waals surface area contributed by atoms with E-state index in [0.29, 0.717) is 18.1 Å². The van der Waals surface area contributed by atoms with Gasteiger partial charge in [-0.15, -0.1) is 11.8 Å². The van der Waals surface area contributed by atoms with Gasteiger partial charge < -0.3 is 10.6 Å². The van der Waals surface area contributed by atoms with Gasteiger partial charge in [0.15, 0.2) is 0 Å². The van der Waals surface area contributed by atoms with E-state index in [-0.39, 0.29) is 12.3 Å². The van der Waals surface area contributed by atoms with E-state index in [9.17, 15) is 9.59 Å². The smallest absolute Gasteiger partial charge is 0.341 e. The van der Waals surface area contributed by atoms with Crippen LogP contribution in [0.1, 0.15) is 20.3 Å². The first kappa shape index (κ1) is 14.0. The second kappa shape index (κ2) is 8.28. The molecule has 3 amide bonds. The minimum atomic E-state index is -0.397. The number of hydrogen-bond acceptors (Lipinski definition) is 3. The molecular weight excluding hydrogens is 214 g/mol. The molecule has 0 aromatic carbocycles. The SMILES string of the molecule is CCNC(=O)CC(=NC(=O)NCC)SC. The number of aliphatic imine (C=N–C) groups is 1. The summed E-state index contributed by atoms with van der Waals surface area (Å²) in [6.45, 7) is 4.78. The number of rotatable bonds is 4. The average molecular weight is 231 g/mol. The lowest BCUT2D eigenvalue weighted by Gasteiger charge is -2.03. The molecule has 0 saturated carbocycles. The largest absolute Gasteiger partial charge is 0.356 e. The zero-order valence-electron chi connectivity index (χ0n) is 9.29. The number of thioether (sulfide) groups is 1. The van der Waals surface area contributed by atoms with Crippen molar-refractivity contribution in [3.8, 4) is 0 Å². The first-order valence-corrected chi connectivity index (χ1v) is 6.02. The molecule has 5 nitrogen and oxygen atoms in total. The topological polar surface area (TPSA) is 70.6 Å². The Hall–Kier alpha value is -1.04. The van der Waals surface area contributed by atoms with E-state index in [0.717, 1.165) is 0 Å². The maximum absolute atomic E-state index is 11.2. The fourth-order valence-corrected chi connectivity index (χ4v) is 1.31. The number of urea groups is 1. The summed E-state index contributed by atoms with van der Waals surface area (Å²) in [5.74, 6) is -0.116. The molecule has 0 heterocycles. The second-order valence-corrected chi connectivity index (χ2v) is 3.55. The van der Waals surface area contributed by atoms with Gasteiger partial charge in [0.1, 0.15) is 0 Å². The molecule has 0 atom stereocenters. The van der Waals surface area contributed by atoms with Crippen LogP contribution in [0.25, 0.3) is 0 Å². The minimum Gasteiger partial charge on any atom is -0.356 e. The molecule has 0 radical (unpaired) electrons. The summed E-state index contributed by atoms with van der Waals surface area (Å²) >= 11 is 1.31. The minimum absolute atomic E-state index is 0.116. The number of carbonyl (C=O) groups excluding carboxylic acids is 2. The van der Waals surface area contributed by atoms with Crippen LogP contribution in [0.15, 0.2) is 4.99 Å². The quantitative estimate of drug-likeness (QED) is 0.560. The second-order valence-electron chi connectivity index (χ2n) is 2.68. The van der Waals surface area contributed by atoms with Gasteiger partial charge in [-0.25, -0.2) is 4.79 Å². The standard InChI is InChI=1S/C9H17N3O2S/c1-4-10-7(13)6-8(15-3)12-9(14)11-5-2/h4-6H2,1-3H3,(H,10,13)(H,11,14). The molecule has 0 aromatic heterocycles. The lowest BCUT2D eigenvalue weighted by molar-refractivity contribution is -0.119. The number of amides is 3. The molecule has 86 valence electrons. The van der Waals surface area contributed by atoms with E-state index < -0.39 is 6.03 Å². The van der Waals surface area contributed by atoms with Crippen LogP contribution >= 0.6 is 11.8 Å². The molecule has 0 unspecified atom stereocenters. The summed E-state index contributed by atoms with van der Waals surface area (Å²) < 4.78 is 0. The molecule has 6 heteroatoms. The van der Waals surface area contributed by atoms with E-state index in [2.05, 4.69) is 15.6 Å². The van der Waals surface area contributed by atoms with Crippen LogP contribution in [0.3, 0.4) is 0 Å². The van der Waals surface area contributed by atoms with Crippen molar-refractivity contribution in [2.75, 3.05) is 19.3 Å². The molecule has 0 aliphatic rings. The predicted octanol–water partition coefficient (Wildman–Crippen LogP) is 1.00. The highest BCUT2D eigenvalue weighted by Gasteiger charge is 2.07. The molecule has 15 heavy (non-hydrogen) atoms. The molecular formula is C9H17N3O2S. The molecule has 0 aliphatic carbocycles. The van der Waals surface area contributed by atoms with Crippen LogP contribution in [-0.2, 0) is 4.79 Å². The van der Waals surface area contributed by atoms with Gasteiger partial charge in [0, 0.05) is 13.1 Å². The predicted molar refractivity (Wildman–Crippen MR) is 63.3 cm³/mol. The van der Waals surface area contributed by atoms with Crippen molar-refractivity contribution < 1.29 is 9.59 Å². The lowest BCUT2D eigenvalue weighted by Crippen LogP contribution is -2.26. The van der Waals surface area contributed by atoms with Crippen LogP contribution in [-0.4, -0.2) is 36.3 Å². The highest BCUT2D eigenvalue weighted by molar-refractivity contribution is 8.13. The van der Waals surface area contributed by atoms with Crippen molar-refractivity contribution in [1.29, 1.82) is 0 Å². The van der Waals surface area contributed by atoms with Crippen LogP contribution in [0.2, 0.25) is 0 Å². The van der Waals surface area contributed by atoms with E-state index in [1.54, 1.807) is 6.26 Å². The monoisotopic (exact) mass is 231 g/mol.